The Bertz CT molecular complexity index is 808. The van der Waals surface area contributed by atoms with Crippen molar-refractivity contribution >= 4 is 5.82 Å². The van der Waals surface area contributed by atoms with Crippen LogP contribution in [0.25, 0.3) is 0 Å². The van der Waals surface area contributed by atoms with Gasteiger partial charge in [0.15, 0.2) is 0 Å². The number of imidazole rings is 1. The topological polar surface area (TPSA) is 70.2 Å². The van der Waals surface area contributed by atoms with E-state index in [1.54, 1.807) is 6.07 Å². The molecule has 7 nitrogen and oxygen atoms in total. The summed E-state index contributed by atoms with van der Waals surface area (Å²) in [6.07, 6.45) is 5.91. The summed E-state index contributed by atoms with van der Waals surface area (Å²) in [4.78, 5) is 13.4. The molecule has 2 aromatic heterocycles. The second kappa shape index (κ2) is 7.06. The lowest BCUT2D eigenvalue weighted by Gasteiger charge is -2.48. The lowest BCUT2D eigenvalue weighted by molar-refractivity contribution is -0.116. The highest BCUT2D eigenvalue weighted by Crippen LogP contribution is 2.31. The highest BCUT2D eigenvalue weighted by Gasteiger charge is 2.41. The number of morpholine rings is 1. The fourth-order valence-electron chi connectivity index (χ4n) is 4.03. The summed E-state index contributed by atoms with van der Waals surface area (Å²) < 4.78 is 8.37. The van der Waals surface area contributed by atoms with Crippen LogP contribution in [0.15, 0.2) is 30.7 Å². The van der Waals surface area contributed by atoms with E-state index in [0.717, 1.165) is 58.0 Å². The molecule has 0 amide bonds. The van der Waals surface area contributed by atoms with Crippen molar-refractivity contribution in [1.82, 2.24) is 19.4 Å². The number of ether oxygens (including phenoxy) is 1. The second-order valence-corrected chi connectivity index (χ2v) is 7.26. The van der Waals surface area contributed by atoms with Crippen molar-refractivity contribution in [2.45, 2.75) is 25.0 Å². The van der Waals surface area contributed by atoms with Crippen molar-refractivity contribution in [3.05, 3.63) is 42.1 Å². The summed E-state index contributed by atoms with van der Waals surface area (Å²) >= 11 is 0. The molecule has 7 heteroatoms. The van der Waals surface area contributed by atoms with Crippen molar-refractivity contribution in [2.24, 2.45) is 7.05 Å². The minimum Gasteiger partial charge on any atom is -0.370 e. The Kier molecular flexibility index (Phi) is 4.62. The Hall–Kier alpha value is -2.43. The number of piperidine rings is 1. The van der Waals surface area contributed by atoms with Gasteiger partial charge in [-0.25, -0.2) is 9.97 Å². The number of pyridine rings is 1. The SMILES string of the molecule is Cn1cncc1CN1CCO[C@]2(CCCN(c3cccc(C#N)n3)C2)C1. The number of hydrogen-bond donors (Lipinski definition) is 0. The molecule has 1 spiro atoms. The monoisotopic (exact) mass is 352 g/mol. The van der Waals surface area contributed by atoms with E-state index in [0.29, 0.717) is 5.69 Å². The van der Waals surface area contributed by atoms with Gasteiger partial charge in [0.1, 0.15) is 17.6 Å². The summed E-state index contributed by atoms with van der Waals surface area (Å²) in [7, 11) is 2.04. The van der Waals surface area contributed by atoms with E-state index >= 15 is 0 Å². The Morgan fingerprint density at radius 1 is 1.31 bits per heavy atom. The van der Waals surface area contributed by atoms with Crippen molar-refractivity contribution < 1.29 is 4.74 Å². The Morgan fingerprint density at radius 3 is 3.04 bits per heavy atom. The van der Waals surface area contributed by atoms with Crippen LogP contribution >= 0.6 is 0 Å². The molecule has 0 unspecified atom stereocenters. The normalized spacial score (nSPS) is 23.9. The molecule has 0 N–H and O–H groups in total. The van der Waals surface area contributed by atoms with Crippen LogP contribution in [0.3, 0.4) is 0 Å². The number of rotatable bonds is 3. The van der Waals surface area contributed by atoms with Crippen LogP contribution in [-0.2, 0) is 18.3 Å². The standard InChI is InChI=1S/C19H24N6O/c1-23-15-21-11-17(23)12-24-8-9-26-19(13-24)6-3-7-25(14-19)18-5-2-4-16(10-20)22-18/h2,4-5,11,15H,3,6-9,12-14H2,1H3/t19-/m1/s1. The molecule has 4 heterocycles. The molecule has 2 aromatic rings. The number of nitriles is 1. The average Bonchev–Trinajstić information content (AvgIpc) is 3.06. The molecule has 0 aliphatic carbocycles. The summed E-state index contributed by atoms with van der Waals surface area (Å²) in [5.41, 5.74) is 1.52. The number of anilines is 1. The lowest BCUT2D eigenvalue weighted by Crippen LogP contribution is -2.59. The van der Waals surface area contributed by atoms with Crippen LogP contribution < -0.4 is 4.90 Å². The molecule has 26 heavy (non-hydrogen) atoms. The number of aromatic nitrogens is 3. The predicted molar refractivity (Wildman–Crippen MR) is 97.6 cm³/mol. The largest absolute Gasteiger partial charge is 0.370 e. The molecule has 2 aliphatic rings. The summed E-state index contributed by atoms with van der Waals surface area (Å²) in [5.74, 6) is 0.871. The van der Waals surface area contributed by atoms with E-state index in [-0.39, 0.29) is 5.60 Å². The van der Waals surface area contributed by atoms with Gasteiger partial charge in [-0.2, -0.15) is 5.26 Å². The summed E-state index contributed by atoms with van der Waals surface area (Å²) in [6.45, 7) is 5.26. The molecular formula is C19H24N6O. The van der Waals surface area contributed by atoms with Crippen molar-refractivity contribution in [3.8, 4) is 6.07 Å². The smallest absolute Gasteiger partial charge is 0.142 e. The number of hydrogen-bond acceptors (Lipinski definition) is 6. The van der Waals surface area contributed by atoms with Gasteiger partial charge in [0.25, 0.3) is 0 Å². The highest BCUT2D eigenvalue weighted by atomic mass is 16.5. The molecule has 0 bridgehead atoms. The lowest BCUT2D eigenvalue weighted by atomic mass is 9.90. The van der Waals surface area contributed by atoms with E-state index in [2.05, 4.69) is 30.4 Å². The van der Waals surface area contributed by atoms with Crippen LogP contribution in [0.2, 0.25) is 0 Å². The first-order valence-corrected chi connectivity index (χ1v) is 9.11. The Balaban J connectivity index is 1.48. The minimum atomic E-state index is -0.167. The minimum absolute atomic E-state index is 0.167. The number of aryl methyl sites for hydroxylation is 1. The molecule has 0 aromatic carbocycles. The number of nitrogens with zero attached hydrogens (tertiary/aromatic N) is 6. The van der Waals surface area contributed by atoms with Gasteiger partial charge >= 0.3 is 0 Å². The quantitative estimate of drug-likeness (QED) is 0.835. The molecule has 2 saturated heterocycles. The van der Waals surface area contributed by atoms with Crippen LogP contribution in [0, 0.1) is 11.3 Å². The first-order valence-electron chi connectivity index (χ1n) is 9.11. The van der Waals surface area contributed by atoms with Gasteiger partial charge < -0.3 is 14.2 Å². The third-order valence-electron chi connectivity index (χ3n) is 5.34. The van der Waals surface area contributed by atoms with Gasteiger partial charge in [0.2, 0.25) is 0 Å². The maximum Gasteiger partial charge on any atom is 0.142 e. The zero-order chi connectivity index (χ0) is 18.0. The van der Waals surface area contributed by atoms with Gasteiger partial charge in [-0.15, -0.1) is 0 Å². The first kappa shape index (κ1) is 17.0. The first-order chi connectivity index (χ1) is 12.7. The predicted octanol–water partition coefficient (Wildman–Crippen LogP) is 1.56. The van der Waals surface area contributed by atoms with Crippen LogP contribution in [0.1, 0.15) is 24.2 Å². The van der Waals surface area contributed by atoms with Gasteiger partial charge in [-0.05, 0) is 25.0 Å². The second-order valence-electron chi connectivity index (χ2n) is 7.26. The van der Waals surface area contributed by atoms with Crippen LogP contribution in [0.5, 0.6) is 0 Å². The van der Waals surface area contributed by atoms with Gasteiger partial charge in [0, 0.05) is 46.0 Å². The van der Waals surface area contributed by atoms with E-state index in [4.69, 9.17) is 10.00 Å². The third kappa shape index (κ3) is 3.43. The van der Waals surface area contributed by atoms with Crippen LogP contribution in [-0.4, -0.2) is 57.8 Å². The van der Waals surface area contributed by atoms with Gasteiger partial charge in [0.05, 0.1) is 24.2 Å². The molecule has 2 aliphatic heterocycles. The maximum atomic E-state index is 9.11. The molecule has 0 radical (unpaired) electrons. The van der Waals surface area contributed by atoms with Crippen LogP contribution in [0.4, 0.5) is 5.82 Å². The van der Waals surface area contributed by atoms with Crippen molar-refractivity contribution in [3.63, 3.8) is 0 Å². The van der Waals surface area contributed by atoms with E-state index in [9.17, 15) is 0 Å². The molecule has 136 valence electrons. The molecular weight excluding hydrogens is 328 g/mol. The highest BCUT2D eigenvalue weighted by molar-refractivity contribution is 5.42. The van der Waals surface area contributed by atoms with Crippen molar-refractivity contribution in [1.29, 1.82) is 5.26 Å². The van der Waals surface area contributed by atoms with E-state index < -0.39 is 0 Å². The average molecular weight is 352 g/mol. The van der Waals surface area contributed by atoms with Crippen molar-refractivity contribution in [2.75, 3.05) is 37.7 Å². The molecule has 0 saturated carbocycles. The van der Waals surface area contributed by atoms with Gasteiger partial charge in [-0.3, -0.25) is 4.90 Å². The van der Waals surface area contributed by atoms with E-state index in [1.165, 1.54) is 5.69 Å². The fraction of sp³-hybridized carbons (Fsp3) is 0.526. The van der Waals surface area contributed by atoms with Gasteiger partial charge in [-0.1, -0.05) is 6.07 Å². The summed E-state index contributed by atoms with van der Waals surface area (Å²) in [6, 6.07) is 7.76. The Morgan fingerprint density at radius 2 is 2.23 bits per heavy atom. The molecule has 2 fully saturated rings. The third-order valence-corrected chi connectivity index (χ3v) is 5.34. The zero-order valence-corrected chi connectivity index (χ0v) is 15.1. The molecule has 4 rings (SSSR count). The molecule has 1 atom stereocenters. The zero-order valence-electron chi connectivity index (χ0n) is 15.1. The van der Waals surface area contributed by atoms with E-state index in [1.807, 2.05) is 31.7 Å². The Labute approximate surface area is 153 Å². The fourth-order valence-corrected chi connectivity index (χ4v) is 4.03. The maximum absolute atomic E-state index is 9.11. The summed E-state index contributed by atoms with van der Waals surface area (Å²) in [5, 5.41) is 9.11.